The maximum Gasteiger partial charge on any atom is 0.253 e. The Balaban J connectivity index is 1.65. The molecule has 2 aromatic rings. The molecule has 1 aliphatic carbocycles. The fraction of sp³-hybridized carbons (Fsp3) is 0.286. The van der Waals surface area contributed by atoms with Crippen LogP contribution in [0.5, 0.6) is 0 Å². The van der Waals surface area contributed by atoms with E-state index in [1.165, 1.54) is 36.2 Å². The molecule has 0 spiro atoms. The molecule has 0 bridgehead atoms. The van der Waals surface area contributed by atoms with E-state index >= 15 is 0 Å². The molecule has 1 heterocycles. The van der Waals surface area contributed by atoms with E-state index < -0.39 is 0 Å². The smallest absolute Gasteiger partial charge is 0.253 e. The van der Waals surface area contributed by atoms with Crippen molar-refractivity contribution in [3.8, 4) is 0 Å². The van der Waals surface area contributed by atoms with Gasteiger partial charge in [-0.2, -0.15) is 0 Å². The minimum absolute atomic E-state index is 0.231. The maximum absolute atomic E-state index is 11.3. The van der Waals surface area contributed by atoms with Crippen LogP contribution < -0.4 is 16.6 Å². The van der Waals surface area contributed by atoms with Crippen molar-refractivity contribution in [2.24, 2.45) is 0 Å². The van der Waals surface area contributed by atoms with E-state index in [1.54, 1.807) is 0 Å². The molecule has 0 atom stereocenters. The molecule has 0 saturated heterocycles. The summed E-state index contributed by atoms with van der Waals surface area (Å²) in [5, 5.41) is 3.99. The van der Waals surface area contributed by atoms with Crippen molar-refractivity contribution < 1.29 is 0 Å². The second kappa shape index (κ2) is 5.68. The average Bonchev–Trinajstić information content (AvgIpc) is 3.21. The molecule has 0 radical (unpaired) electrons. The predicted molar refractivity (Wildman–Crippen MR) is 79.7 cm³/mol. The van der Waals surface area contributed by atoms with Gasteiger partial charge in [-0.05, 0) is 30.5 Å². The molecule has 6 heteroatoms. The van der Waals surface area contributed by atoms with Crippen LogP contribution in [0.15, 0.2) is 45.2 Å². The monoisotopic (exact) mass is 288 g/mol. The minimum Gasteiger partial charge on any atom is -0.383 e. The molecular formula is C14H16N4OS. The van der Waals surface area contributed by atoms with Gasteiger partial charge in [0.2, 0.25) is 0 Å². The number of aromatic nitrogens is 2. The Morgan fingerprint density at radius 3 is 2.75 bits per heavy atom. The van der Waals surface area contributed by atoms with Gasteiger partial charge in [-0.1, -0.05) is 23.9 Å². The number of aromatic amines is 1. The summed E-state index contributed by atoms with van der Waals surface area (Å²) in [6, 6.07) is 10.2. The number of benzene rings is 1. The van der Waals surface area contributed by atoms with Gasteiger partial charge in [-0.15, -0.1) is 0 Å². The molecule has 1 aromatic heterocycles. The number of hydrogen-bond acceptors (Lipinski definition) is 5. The van der Waals surface area contributed by atoms with Gasteiger partial charge in [-0.3, -0.25) is 4.79 Å². The van der Waals surface area contributed by atoms with Crippen molar-refractivity contribution in [1.29, 1.82) is 0 Å². The largest absolute Gasteiger partial charge is 0.383 e. The number of nitrogens with zero attached hydrogens (tertiary/aromatic N) is 1. The molecule has 1 aliphatic rings. The first-order valence-electron chi connectivity index (χ1n) is 6.56. The van der Waals surface area contributed by atoms with Gasteiger partial charge >= 0.3 is 0 Å². The number of nitrogen functional groups attached to an aromatic ring is 1. The van der Waals surface area contributed by atoms with Crippen molar-refractivity contribution in [2.45, 2.75) is 35.5 Å². The van der Waals surface area contributed by atoms with Crippen molar-refractivity contribution in [3.05, 3.63) is 46.2 Å². The van der Waals surface area contributed by atoms with E-state index in [1.807, 2.05) is 12.1 Å². The third-order valence-corrected chi connectivity index (χ3v) is 3.94. The number of rotatable bonds is 5. The summed E-state index contributed by atoms with van der Waals surface area (Å²) in [6.45, 7) is 0.906. The predicted octanol–water partition coefficient (Wildman–Crippen LogP) is 1.76. The lowest BCUT2D eigenvalue weighted by Gasteiger charge is -2.05. The first-order valence-corrected chi connectivity index (χ1v) is 7.38. The zero-order valence-corrected chi connectivity index (χ0v) is 11.7. The third-order valence-electron chi connectivity index (χ3n) is 3.05. The van der Waals surface area contributed by atoms with Crippen LogP contribution in [0.4, 0.5) is 5.82 Å². The third kappa shape index (κ3) is 3.61. The van der Waals surface area contributed by atoms with E-state index in [2.05, 4.69) is 27.4 Å². The number of anilines is 1. The highest BCUT2D eigenvalue weighted by Gasteiger charge is 2.19. The second-order valence-corrected chi connectivity index (χ2v) is 5.94. The molecule has 0 aliphatic heterocycles. The first-order chi connectivity index (χ1) is 9.69. The van der Waals surface area contributed by atoms with Gasteiger partial charge in [0, 0.05) is 23.5 Å². The quantitative estimate of drug-likeness (QED) is 0.730. The fourth-order valence-corrected chi connectivity index (χ4v) is 2.64. The zero-order chi connectivity index (χ0) is 13.9. The molecule has 104 valence electrons. The normalized spacial score (nSPS) is 14.4. The molecular weight excluding hydrogens is 272 g/mol. The Bertz CT molecular complexity index is 649. The molecule has 0 unspecified atom stereocenters. The molecule has 0 amide bonds. The summed E-state index contributed by atoms with van der Waals surface area (Å²) in [4.78, 5) is 19.1. The number of nitrogens with one attached hydrogen (secondary N) is 2. The lowest BCUT2D eigenvalue weighted by molar-refractivity contribution is 0.687. The van der Waals surface area contributed by atoms with Gasteiger partial charge in [-0.25, -0.2) is 4.98 Å². The van der Waals surface area contributed by atoms with Crippen LogP contribution in [0.2, 0.25) is 0 Å². The van der Waals surface area contributed by atoms with E-state index in [0.29, 0.717) is 11.2 Å². The summed E-state index contributed by atoms with van der Waals surface area (Å²) < 4.78 is 0. The molecule has 3 rings (SSSR count). The average molecular weight is 288 g/mol. The summed E-state index contributed by atoms with van der Waals surface area (Å²) in [6.07, 6.45) is 2.59. The Hall–Kier alpha value is -1.79. The Kier molecular flexibility index (Phi) is 3.75. The molecule has 20 heavy (non-hydrogen) atoms. The van der Waals surface area contributed by atoms with Crippen molar-refractivity contribution >= 4 is 17.6 Å². The van der Waals surface area contributed by atoms with Crippen molar-refractivity contribution in [2.75, 3.05) is 5.73 Å². The Labute approximate surface area is 121 Å². The highest BCUT2D eigenvalue weighted by atomic mass is 32.2. The molecule has 4 N–H and O–H groups in total. The topological polar surface area (TPSA) is 83.8 Å². The van der Waals surface area contributed by atoms with E-state index in [4.69, 9.17) is 5.73 Å². The summed E-state index contributed by atoms with van der Waals surface area (Å²) in [5.41, 5.74) is 6.59. The van der Waals surface area contributed by atoms with Gasteiger partial charge in [0.05, 0.1) is 0 Å². The Morgan fingerprint density at radius 1 is 1.35 bits per heavy atom. The van der Waals surface area contributed by atoms with Crippen LogP contribution in [-0.2, 0) is 6.54 Å². The van der Waals surface area contributed by atoms with E-state index in [0.717, 1.165) is 11.4 Å². The SMILES string of the molecule is Nc1cc(=O)[nH]c(Sc2ccc(CNC3CC3)cc2)n1. The molecule has 1 fully saturated rings. The summed E-state index contributed by atoms with van der Waals surface area (Å²) >= 11 is 1.39. The number of nitrogens with two attached hydrogens (primary N) is 1. The highest BCUT2D eigenvalue weighted by Crippen LogP contribution is 2.25. The Morgan fingerprint density at radius 2 is 2.10 bits per heavy atom. The van der Waals surface area contributed by atoms with Gasteiger partial charge in [0.25, 0.3) is 5.56 Å². The summed E-state index contributed by atoms with van der Waals surface area (Å²) in [5.74, 6) is 0.238. The molecule has 5 nitrogen and oxygen atoms in total. The van der Waals surface area contributed by atoms with Crippen LogP contribution in [0.3, 0.4) is 0 Å². The van der Waals surface area contributed by atoms with Crippen molar-refractivity contribution in [1.82, 2.24) is 15.3 Å². The maximum atomic E-state index is 11.3. The molecule has 1 aromatic carbocycles. The van der Waals surface area contributed by atoms with Crippen LogP contribution >= 0.6 is 11.8 Å². The van der Waals surface area contributed by atoms with Crippen molar-refractivity contribution in [3.63, 3.8) is 0 Å². The van der Waals surface area contributed by atoms with Gasteiger partial charge in [0.1, 0.15) is 5.82 Å². The number of H-pyrrole nitrogens is 1. The first kappa shape index (κ1) is 13.2. The van der Waals surface area contributed by atoms with E-state index in [-0.39, 0.29) is 11.4 Å². The highest BCUT2D eigenvalue weighted by molar-refractivity contribution is 7.99. The summed E-state index contributed by atoms with van der Waals surface area (Å²) in [7, 11) is 0. The molecule has 1 saturated carbocycles. The second-order valence-electron chi connectivity index (χ2n) is 4.88. The zero-order valence-electron chi connectivity index (χ0n) is 10.9. The fourth-order valence-electron chi connectivity index (χ4n) is 1.84. The van der Waals surface area contributed by atoms with Crippen LogP contribution in [0.1, 0.15) is 18.4 Å². The van der Waals surface area contributed by atoms with Crippen LogP contribution in [0.25, 0.3) is 0 Å². The number of hydrogen-bond donors (Lipinski definition) is 3. The van der Waals surface area contributed by atoms with Crippen LogP contribution in [-0.4, -0.2) is 16.0 Å². The van der Waals surface area contributed by atoms with Gasteiger partial charge in [0.15, 0.2) is 5.16 Å². The van der Waals surface area contributed by atoms with E-state index in [9.17, 15) is 4.79 Å². The van der Waals surface area contributed by atoms with Crippen LogP contribution in [0, 0.1) is 0 Å². The lowest BCUT2D eigenvalue weighted by atomic mass is 10.2. The standard InChI is InChI=1S/C14H16N4OS/c15-12-7-13(19)18-14(17-12)20-11-5-1-9(2-6-11)8-16-10-3-4-10/h1-2,5-7,10,16H,3-4,8H2,(H3,15,17,18,19). The lowest BCUT2D eigenvalue weighted by Crippen LogP contribution is -2.15. The van der Waals surface area contributed by atoms with Gasteiger partial charge < -0.3 is 16.0 Å². The minimum atomic E-state index is -0.231.